The summed E-state index contributed by atoms with van der Waals surface area (Å²) in [7, 11) is 0. The number of amides is 2. The van der Waals surface area contributed by atoms with E-state index in [1.807, 2.05) is 12.1 Å². The van der Waals surface area contributed by atoms with Crippen LogP contribution in [0.25, 0.3) is 11.1 Å². The van der Waals surface area contributed by atoms with E-state index in [4.69, 9.17) is 5.73 Å². The first kappa shape index (κ1) is 20.0. The molecule has 2 aromatic rings. The normalized spacial score (nSPS) is 17.4. The highest BCUT2D eigenvalue weighted by molar-refractivity contribution is 5.95. The Morgan fingerprint density at radius 1 is 1.29 bits per heavy atom. The molecule has 1 aliphatic heterocycles. The number of aromatic nitrogens is 2. The van der Waals surface area contributed by atoms with Crippen LogP contribution in [0.5, 0.6) is 0 Å². The first-order valence-electron chi connectivity index (χ1n) is 9.61. The average molecular weight is 385 g/mol. The molecule has 0 unspecified atom stereocenters. The lowest BCUT2D eigenvalue weighted by molar-refractivity contribution is -0.118. The molecule has 1 aliphatic rings. The number of aliphatic hydroxyl groups excluding tert-OH is 1. The molecule has 3 rings (SSSR count). The molecule has 4 N–H and O–H groups in total. The average Bonchev–Trinajstić information content (AvgIpc) is 3.16. The third kappa shape index (κ3) is 5.17. The lowest BCUT2D eigenvalue weighted by atomic mass is 10.0. The Morgan fingerprint density at radius 3 is 2.93 bits per heavy atom. The molecule has 0 radical (unpaired) electrons. The van der Waals surface area contributed by atoms with E-state index in [0.717, 1.165) is 43.5 Å². The number of aliphatic hydroxyl groups is 1. The molecular weight excluding hydrogens is 358 g/mol. The molecule has 1 saturated heterocycles. The Bertz CT molecular complexity index is 820. The zero-order chi connectivity index (χ0) is 19.9. The van der Waals surface area contributed by atoms with Crippen molar-refractivity contribution in [1.29, 1.82) is 0 Å². The maximum Gasteiger partial charge on any atom is 0.251 e. The molecule has 0 saturated carbocycles. The van der Waals surface area contributed by atoms with Crippen molar-refractivity contribution in [2.24, 2.45) is 5.73 Å². The highest BCUT2D eigenvalue weighted by atomic mass is 16.3. The van der Waals surface area contributed by atoms with Gasteiger partial charge < -0.3 is 16.2 Å². The van der Waals surface area contributed by atoms with Crippen molar-refractivity contribution >= 4 is 11.8 Å². The summed E-state index contributed by atoms with van der Waals surface area (Å²) in [5, 5.41) is 16.5. The summed E-state index contributed by atoms with van der Waals surface area (Å²) in [5.74, 6) is -0.594. The lowest BCUT2D eigenvalue weighted by Gasteiger charge is -2.34. The Balaban J connectivity index is 1.58. The van der Waals surface area contributed by atoms with Crippen molar-refractivity contribution in [1.82, 2.24) is 20.0 Å². The number of piperidine rings is 1. The molecule has 0 aliphatic carbocycles. The number of nitrogens with two attached hydrogens (primary N) is 1. The van der Waals surface area contributed by atoms with Crippen LogP contribution in [0.15, 0.2) is 36.7 Å². The Morgan fingerprint density at radius 2 is 2.14 bits per heavy atom. The number of primary amides is 1. The molecule has 1 aromatic heterocycles. The van der Waals surface area contributed by atoms with Crippen molar-refractivity contribution in [3.8, 4) is 11.1 Å². The minimum absolute atomic E-state index is 0.0194. The van der Waals surface area contributed by atoms with Gasteiger partial charge in [-0.2, -0.15) is 5.10 Å². The summed E-state index contributed by atoms with van der Waals surface area (Å²) >= 11 is 0. The van der Waals surface area contributed by atoms with Gasteiger partial charge in [0.2, 0.25) is 5.91 Å². The second kappa shape index (κ2) is 9.48. The van der Waals surface area contributed by atoms with E-state index in [9.17, 15) is 14.7 Å². The van der Waals surface area contributed by atoms with Crippen LogP contribution in [0.1, 0.15) is 29.6 Å². The minimum Gasteiger partial charge on any atom is -0.395 e. The van der Waals surface area contributed by atoms with E-state index in [1.165, 1.54) is 4.68 Å². The zero-order valence-electron chi connectivity index (χ0n) is 15.9. The van der Waals surface area contributed by atoms with Gasteiger partial charge in [-0.15, -0.1) is 0 Å². The number of carbonyl (C=O) groups excluding carboxylic acids is 2. The molecule has 0 spiro atoms. The van der Waals surface area contributed by atoms with Crippen molar-refractivity contribution < 1.29 is 14.7 Å². The molecular formula is C20H27N5O3. The molecule has 2 amide bonds. The number of benzene rings is 1. The van der Waals surface area contributed by atoms with Gasteiger partial charge >= 0.3 is 0 Å². The highest BCUT2D eigenvalue weighted by Crippen LogP contribution is 2.20. The van der Waals surface area contributed by atoms with Crippen LogP contribution in [-0.4, -0.2) is 63.9 Å². The summed E-state index contributed by atoms with van der Waals surface area (Å²) in [4.78, 5) is 25.8. The van der Waals surface area contributed by atoms with Gasteiger partial charge in [-0.05, 0) is 37.1 Å². The van der Waals surface area contributed by atoms with E-state index < -0.39 is 5.91 Å². The summed E-state index contributed by atoms with van der Waals surface area (Å²) < 4.78 is 1.47. The van der Waals surface area contributed by atoms with Crippen LogP contribution in [0.2, 0.25) is 0 Å². The number of rotatable bonds is 8. The topological polar surface area (TPSA) is 113 Å². The lowest BCUT2D eigenvalue weighted by Crippen LogP contribution is -2.45. The number of hydrogen-bond donors (Lipinski definition) is 3. The highest BCUT2D eigenvalue weighted by Gasteiger charge is 2.21. The van der Waals surface area contributed by atoms with E-state index in [0.29, 0.717) is 12.1 Å². The summed E-state index contributed by atoms with van der Waals surface area (Å²) in [6.07, 6.45) is 6.67. The van der Waals surface area contributed by atoms with Crippen molar-refractivity contribution in [2.75, 3.05) is 26.2 Å². The van der Waals surface area contributed by atoms with Crippen LogP contribution < -0.4 is 11.1 Å². The van der Waals surface area contributed by atoms with E-state index in [1.54, 1.807) is 24.5 Å². The molecule has 1 atom stereocenters. The minimum atomic E-state index is -0.458. The third-order valence-corrected chi connectivity index (χ3v) is 5.05. The molecule has 8 nitrogen and oxygen atoms in total. The SMILES string of the molecule is NC(=O)Cn1cc(-c2cccc(C(=O)NCCN3CCCC[C@@H]3CO)c2)cn1. The van der Waals surface area contributed by atoms with Crippen LogP contribution in [0.3, 0.4) is 0 Å². The zero-order valence-corrected chi connectivity index (χ0v) is 15.9. The van der Waals surface area contributed by atoms with Crippen LogP contribution in [0.4, 0.5) is 0 Å². The fourth-order valence-corrected chi connectivity index (χ4v) is 3.58. The largest absolute Gasteiger partial charge is 0.395 e. The van der Waals surface area contributed by atoms with Gasteiger partial charge in [0.1, 0.15) is 6.54 Å². The molecule has 2 heterocycles. The van der Waals surface area contributed by atoms with E-state index in [2.05, 4.69) is 15.3 Å². The fraction of sp³-hybridized carbons (Fsp3) is 0.450. The second-order valence-corrected chi connectivity index (χ2v) is 7.10. The van der Waals surface area contributed by atoms with Gasteiger partial charge in [-0.3, -0.25) is 19.2 Å². The van der Waals surface area contributed by atoms with Crippen LogP contribution in [0, 0.1) is 0 Å². The van der Waals surface area contributed by atoms with Crippen LogP contribution in [-0.2, 0) is 11.3 Å². The van der Waals surface area contributed by atoms with Gasteiger partial charge in [-0.25, -0.2) is 0 Å². The summed E-state index contributed by atoms with van der Waals surface area (Å²) in [6, 6.07) is 7.48. The van der Waals surface area contributed by atoms with E-state index >= 15 is 0 Å². The molecule has 0 bridgehead atoms. The van der Waals surface area contributed by atoms with E-state index in [-0.39, 0.29) is 25.1 Å². The van der Waals surface area contributed by atoms with Gasteiger partial charge in [0.25, 0.3) is 5.91 Å². The quantitative estimate of drug-likeness (QED) is 0.616. The Labute approximate surface area is 164 Å². The van der Waals surface area contributed by atoms with Gasteiger partial charge in [0.05, 0.1) is 12.8 Å². The Hall–Kier alpha value is -2.71. The van der Waals surface area contributed by atoms with Crippen molar-refractivity contribution in [3.63, 3.8) is 0 Å². The molecule has 150 valence electrons. The van der Waals surface area contributed by atoms with Crippen molar-refractivity contribution in [2.45, 2.75) is 31.8 Å². The fourth-order valence-electron chi connectivity index (χ4n) is 3.58. The third-order valence-electron chi connectivity index (χ3n) is 5.05. The summed E-state index contributed by atoms with van der Waals surface area (Å²) in [5.41, 5.74) is 7.41. The number of nitrogens with one attached hydrogen (secondary N) is 1. The monoisotopic (exact) mass is 385 g/mol. The first-order valence-corrected chi connectivity index (χ1v) is 9.61. The molecule has 1 aromatic carbocycles. The van der Waals surface area contributed by atoms with Gasteiger partial charge in [0, 0.05) is 36.5 Å². The first-order chi connectivity index (χ1) is 13.6. The Kier molecular flexibility index (Phi) is 6.78. The number of hydrogen-bond acceptors (Lipinski definition) is 5. The molecule has 8 heteroatoms. The number of carbonyl (C=O) groups is 2. The van der Waals surface area contributed by atoms with Crippen molar-refractivity contribution in [3.05, 3.63) is 42.2 Å². The predicted octanol–water partition coefficient (Wildman–Crippen LogP) is 0.612. The standard InChI is InChI=1S/C20H27N5O3/c21-19(27)13-25-12-17(11-23-25)15-4-3-5-16(10-15)20(28)22-7-9-24-8-2-1-6-18(24)14-26/h3-5,10-12,18,26H,1-2,6-9,13-14H2,(H2,21,27)(H,22,28)/t18-/m1/s1. The van der Waals surface area contributed by atoms with Crippen LogP contribution >= 0.6 is 0 Å². The maximum absolute atomic E-state index is 12.5. The molecule has 1 fully saturated rings. The molecule has 28 heavy (non-hydrogen) atoms. The van der Waals surface area contributed by atoms with Gasteiger partial charge in [0.15, 0.2) is 0 Å². The second-order valence-electron chi connectivity index (χ2n) is 7.10. The smallest absolute Gasteiger partial charge is 0.251 e. The number of nitrogens with zero attached hydrogens (tertiary/aromatic N) is 3. The number of likely N-dealkylation sites (tertiary alicyclic amines) is 1. The summed E-state index contributed by atoms with van der Waals surface area (Å²) in [6.45, 7) is 2.42. The maximum atomic E-state index is 12.5. The predicted molar refractivity (Wildman–Crippen MR) is 105 cm³/mol. The van der Waals surface area contributed by atoms with Gasteiger partial charge in [-0.1, -0.05) is 18.6 Å².